The molecule has 9 nitrogen and oxygen atoms in total. The summed E-state index contributed by atoms with van der Waals surface area (Å²) in [6.07, 6.45) is 0. The first-order chi connectivity index (χ1) is 14.3. The van der Waals surface area contributed by atoms with Gasteiger partial charge in [0.2, 0.25) is 10.0 Å². The van der Waals surface area contributed by atoms with E-state index in [-0.39, 0.29) is 42.6 Å². The number of nitrogens with zero attached hydrogens (tertiary/aromatic N) is 3. The molecule has 0 unspecified atom stereocenters. The number of hydrogen-bond donors (Lipinski definition) is 0. The van der Waals surface area contributed by atoms with Gasteiger partial charge in [-0.2, -0.15) is 4.31 Å². The van der Waals surface area contributed by atoms with E-state index in [9.17, 15) is 18.0 Å². The summed E-state index contributed by atoms with van der Waals surface area (Å²) in [5.41, 5.74) is 1.18. The second-order valence-corrected chi connectivity index (χ2v) is 8.89. The van der Waals surface area contributed by atoms with Crippen molar-refractivity contribution in [2.45, 2.75) is 4.90 Å². The lowest BCUT2D eigenvalue weighted by Gasteiger charge is -2.34. The van der Waals surface area contributed by atoms with Gasteiger partial charge in [-0.25, -0.2) is 13.2 Å². The molecule has 0 N–H and O–H groups in total. The van der Waals surface area contributed by atoms with Crippen LogP contribution in [0, 0.1) is 0 Å². The first-order valence-corrected chi connectivity index (χ1v) is 10.8. The van der Waals surface area contributed by atoms with Gasteiger partial charge >= 0.3 is 5.76 Å². The molecule has 3 aromatic rings. The van der Waals surface area contributed by atoms with Gasteiger partial charge in [0.15, 0.2) is 5.58 Å². The van der Waals surface area contributed by atoms with Crippen molar-refractivity contribution in [3.05, 3.63) is 58.6 Å². The number of para-hydroxylation sites is 1. The van der Waals surface area contributed by atoms with Crippen LogP contribution in [0.2, 0.25) is 0 Å². The van der Waals surface area contributed by atoms with E-state index in [1.165, 1.54) is 28.1 Å². The lowest BCUT2D eigenvalue weighted by Crippen LogP contribution is -2.50. The predicted octanol–water partition coefficient (Wildman–Crippen LogP) is 1.29. The summed E-state index contributed by atoms with van der Waals surface area (Å²) in [5.74, 6) is -0.268. The number of methoxy groups -OCH3 is 1. The Morgan fingerprint density at radius 3 is 2.47 bits per heavy atom. The molecule has 30 heavy (non-hydrogen) atoms. The molecule has 1 amide bonds. The molecule has 1 fully saturated rings. The normalized spacial score (nSPS) is 15.5. The van der Waals surface area contributed by atoms with Crippen LogP contribution in [0.25, 0.3) is 11.1 Å². The first kappa shape index (κ1) is 20.2. The number of aryl methyl sites for hydroxylation is 1. The zero-order valence-electron chi connectivity index (χ0n) is 16.6. The number of carbonyl (C=O) groups is 1. The minimum atomic E-state index is -3.78. The molecule has 0 atom stereocenters. The number of carbonyl (C=O) groups excluding carboxylic acids is 1. The maximum Gasteiger partial charge on any atom is 0.419 e. The van der Waals surface area contributed by atoms with E-state index in [0.717, 1.165) is 0 Å². The number of benzene rings is 2. The summed E-state index contributed by atoms with van der Waals surface area (Å²) in [5, 5.41) is 0. The molecule has 4 rings (SSSR count). The van der Waals surface area contributed by atoms with E-state index >= 15 is 0 Å². The van der Waals surface area contributed by atoms with Gasteiger partial charge in [-0.1, -0.05) is 12.1 Å². The van der Waals surface area contributed by atoms with Gasteiger partial charge < -0.3 is 14.1 Å². The third kappa shape index (κ3) is 3.37. The van der Waals surface area contributed by atoms with Crippen LogP contribution < -0.4 is 10.5 Å². The predicted molar refractivity (Wildman–Crippen MR) is 109 cm³/mol. The van der Waals surface area contributed by atoms with Crippen LogP contribution in [-0.4, -0.2) is 61.4 Å². The topological polar surface area (TPSA) is 102 Å². The molecule has 10 heteroatoms. The second kappa shape index (κ2) is 7.62. The van der Waals surface area contributed by atoms with Crippen molar-refractivity contribution in [3.8, 4) is 5.75 Å². The van der Waals surface area contributed by atoms with Gasteiger partial charge in [0.05, 0.1) is 23.1 Å². The highest BCUT2D eigenvalue weighted by Crippen LogP contribution is 2.24. The Hall–Kier alpha value is -3.11. The summed E-state index contributed by atoms with van der Waals surface area (Å²) >= 11 is 0. The molecule has 1 saturated heterocycles. The summed E-state index contributed by atoms with van der Waals surface area (Å²) < 4.78 is 39.1. The van der Waals surface area contributed by atoms with Crippen LogP contribution in [0.4, 0.5) is 0 Å². The van der Waals surface area contributed by atoms with Crippen LogP contribution in [0.15, 0.2) is 56.6 Å². The highest BCUT2D eigenvalue weighted by atomic mass is 32.2. The smallest absolute Gasteiger partial charge is 0.419 e. The zero-order chi connectivity index (χ0) is 21.5. The van der Waals surface area contributed by atoms with Crippen molar-refractivity contribution < 1.29 is 22.4 Å². The van der Waals surface area contributed by atoms with Gasteiger partial charge in [0, 0.05) is 39.3 Å². The van der Waals surface area contributed by atoms with Crippen LogP contribution in [-0.2, 0) is 17.1 Å². The van der Waals surface area contributed by atoms with Gasteiger partial charge in [0.25, 0.3) is 5.91 Å². The molecule has 0 bridgehead atoms. The molecule has 2 heterocycles. The van der Waals surface area contributed by atoms with Gasteiger partial charge in [-0.15, -0.1) is 0 Å². The lowest BCUT2D eigenvalue weighted by molar-refractivity contribution is 0.0694. The molecule has 0 saturated carbocycles. The molecule has 0 aliphatic carbocycles. The molecule has 1 aromatic heterocycles. The first-order valence-electron chi connectivity index (χ1n) is 9.35. The third-order valence-corrected chi connectivity index (χ3v) is 7.16. The number of fused-ring (bicyclic) bond motifs is 1. The quantitative estimate of drug-likeness (QED) is 0.617. The van der Waals surface area contributed by atoms with Crippen LogP contribution >= 0.6 is 0 Å². The van der Waals surface area contributed by atoms with Gasteiger partial charge in [0.1, 0.15) is 5.75 Å². The molecular weight excluding hydrogens is 410 g/mol. The second-order valence-electron chi connectivity index (χ2n) is 6.95. The number of ether oxygens (including phenoxy) is 1. The Labute approximate surface area is 173 Å². The molecule has 2 aromatic carbocycles. The largest absolute Gasteiger partial charge is 0.496 e. The van der Waals surface area contributed by atoms with Crippen LogP contribution in [0.1, 0.15) is 10.4 Å². The van der Waals surface area contributed by atoms with Crippen molar-refractivity contribution in [3.63, 3.8) is 0 Å². The van der Waals surface area contributed by atoms with Crippen molar-refractivity contribution in [1.82, 2.24) is 13.8 Å². The molecule has 0 spiro atoms. The summed E-state index contributed by atoms with van der Waals surface area (Å²) in [4.78, 5) is 26.1. The Bertz CT molecular complexity index is 1270. The Kier molecular flexibility index (Phi) is 5.12. The highest BCUT2D eigenvalue weighted by Gasteiger charge is 2.31. The van der Waals surface area contributed by atoms with Crippen molar-refractivity contribution >= 4 is 27.0 Å². The number of oxazole rings is 1. The fourth-order valence-corrected chi connectivity index (χ4v) is 4.99. The fraction of sp³-hybridized carbons (Fsp3) is 0.300. The number of hydrogen-bond acceptors (Lipinski definition) is 6. The van der Waals surface area contributed by atoms with Crippen LogP contribution in [0.5, 0.6) is 5.75 Å². The summed E-state index contributed by atoms with van der Waals surface area (Å²) in [6.45, 7) is 0.859. The molecule has 0 radical (unpaired) electrons. The molecule has 158 valence electrons. The summed E-state index contributed by atoms with van der Waals surface area (Å²) in [6, 6.07) is 11.3. The van der Waals surface area contributed by atoms with Gasteiger partial charge in [-0.3, -0.25) is 9.36 Å². The molecule has 1 aliphatic rings. The summed E-state index contributed by atoms with van der Waals surface area (Å²) in [7, 11) is -0.726. The number of sulfonamides is 1. The van der Waals surface area contributed by atoms with E-state index in [1.54, 1.807) is 42.3 Å². The average Bonchev–Trinajstić information content (AvgIpc) is 3.06. The van der Waals surface area contributed by atoms with E-state index in [0.29, 0.717) is 16.8 Å². The highest BCUT2D eigenvalue weighted by molar-refractivity contribution is 7.89. The van der Waals surface area contributed by atoms with E-state index in [4.69, 9.17) is 9.15 Å². The van der Waals surface area contributed by atoms with Gasteiger partial charge in [-0.05, 0) is 24.3 Å². The van der Waals surface area contributed by atoms with E-state index in [1.807, 2.05) is 0 Å². The third-order valence-electron chi connectivity index (χ3n) is 5.26. The lowest BCUT2D eigenvalue weighted by atomic mass is 10.1. The van der Waals surface area contributed by atoms with Crippen molar-refractivity contribution in [2.24, 2.45) is 7.05 Å². The van der Waals surface area contributed by atoms with Crippen molar-refractivity contribution in [2.75, 3.05) is 33.3 Å². The Morgan fingerprint density at radius 1 is 1.07 bits per heavy atom. The number of piperazine rings is 1. The minimum absolute atomic E-state index is 0.0499. The van der Waals surface area contributed by atoms with Crippen molar-refractivity contribution in [1.29, 1.82) is 0 Å². The Balaban J connectivity index is 1.52. The van der Waals surface area contributed by atoms with E-state index < -0.39 is 15.8 Å². The molecular formula is C20H21N3O6S. The average molecular weight is 431 g/mol. The van der Waals surface area contributed by atoms with E-state index in [2.05, 4.69) is 0 Å². The molecule has 1 aliphatic heterocycles. The van der Waals surface area contributed by atoms with Crippen LogP contribution in [0.3, 0.4) is 0 Å². The zero-order valence-corrected chi connectivity index (χ0v) is 17.4. The number of aromatic nitrogens is 1. The SMILES string of the molecule is COc1ccccc1C(=O)N1CCN(S(=O)(=O)c2ccc3c(c2)oc(=O)n3C)CC1. The maximum atomic E-state index is 13.0. The number of amides is 1. The number of rotatable bonds is 4. The minimum Gasteiger partial charge on any atom is -0.496 e. The Morgan fingerprint density at radius 2 is 1.77 bits per heavy atom. The maximum absolute atomic E-state index is 13.0. The standard InChI is InChI=1S/C20H21N3O6S/c1-21-16-8-7-14(13-18(16)29-20(21)25)30(26,27)23-11-9-22(10-12-23)19(24)15-5-3-4-6-17(15)28-2/h3-8,13H,9-12H2,1-2H3. The monoisotopic (exact) mass is 431 g/mol. The fourth-order valence-electron chi connectivity index (χ4n) is 3.55.